The SMILES string of the molecule is Cc1ccc2c(c1Cl)C(=O)N[C@@H]1CNC[C@@H]21.Cl. The number of fused-ring (bicyclic) bond motifs is 3. The third-order valence-corrected chi connectivity index (χ3v) is 4.01. The number of hydrogen-bond donors (Lipinski definition) is 2. The molecule has 0 saturated carbocycles. The summed E-state index contributed by atoms with van der Waals surface area (Å²) in [5.74, 6) is 0.333. The van der Waals surface area contributed by atoms with Gasteiger partial charge >= 0.3 is 0 Å². The third-order valence-electron chi connectivity index (χ3n) is 3.52. The fraction of sp³-hybridized carbons (Fsp3) is 0.417. The molecule has 0 aliphatic carbocycles. The lowest BCUT2D eigenvalue weighted by Crippen LogP contribution is -2.44. The Morgan fingerprint density at radius 1 is 1.35 bits per heavy atom. The van der Waals surface area contributed by atoms with Crippen LogP contribution in [0, 0.1) is 6.92 Å². The molecule has 2 heterocycles. The molecular formula is C12H14Cl2N2O. The molecule has 0 radical (unpaired) electrons. The van der Waals surface area contributed by atoms with Gasteiger partial charge in [-0.1, -0.05) is 23.7 Å². The number of hydrogen-bond acceptors (Lipinski definition) is 2. The molecule has 0 unspecified atom stereocenters. The number of carbonyl (C=O) groups is 1. The van der Waals surface area contributed by atoms with Gasteiger partial charge in [0.1, 0.15) is 0 Å². The van der Waals surface area contributed by atoms with Crippen LogP contribution in [0.3, 0.4) is 0 Å². The van der Waals surface area contributed by atoms with Gasteiger partial charge in [-0.2, -0.15) is 0 Å². The zero-order valence-electron chi connectivity index (χ0n) is 9.42. The molecule has 1 saturated heterocycles. The molecule has 92 valence electrons. The molecule has 2 N–H and O–H groups in total. The van der Waals surface area contributed by atoms with Crippen LogP contribution in [-0.4, -0.2) is 25.0 Å². The van der Waals surface area contributed by atoms with Gasteiger partial charge < -0.3 is 10.6 Å². The summed E-state index contributed by atoms with van der Waals surface area (Å²) in [6.07, 6.45) is 0. The first-order chi connectivity index (χ1) is 7.68. The predicted molar refractivity (Wildman–Crippen MR) is 70.3 cm³/mol. The Hall–Kier alpha value is -0.770. The quantitative estimate of drug-likeness (QED) is 0.757. The van der Waals surface area contributed by atoms with Gasteiger partial charge in [-0.25, -0.2) is 0 Å². The first-order valence-corrected chi connectivity index (χ1v) is 5.87. The highest BCUT2D eigenvalue weighted by atomic mass is 35.5. The van der Waals surface area contributed by atoms with Crippen molar-refractivity contribution >= 4 is 29.9 Å². The number of carbonyl (C=O) groups excluding carboxylic acids is 1. The van der Waals surface area contributed by atoms with Crippen molar-refractivity contribution in [1.29, 1.82) is 0 Å². The number of rotatable bonds is 0. The summed E-state index contributed by atoms with van der Waals surface area (Å²) in [7, 11) is 0. The highest BCUT2D eigenvalue weighted by Crippen LogP contribution is 2.35. The van der Waals surface area contributed by atoms with Crippen LogP contribution < -0.4 is 10.6 Å². The van der Waals surface area contributed by atoms with Gasteiger partial charge in [-0.15, -0.1) is 12.4 Å². The maximum atomic E-state index is 12.0. The smallest absolute Gasteiger partial charge is 0.253 e. The molecule has 0 bridgehead atoms. The van der Waals surface area contributed by atoms with E-state index in [0.717, 1.165) is 24.2 Å². The van der Waals surface area contributed by atoms with Gasteiger partial charge in [-0.3, -0.25) is 4.79 Å². The van der Waals surface area contributed by atoms with E-state index in [9.17, 15) is 4.79 Å². The fourth-order valence-corrected chi connectivity index (χ4v) is 2.89. The van der Waals surface area contributed by atoms with Crippen LogP contribution in [0.5, 0.6) is 0 Å². The summed E-state index contributed by atoms with van der Waals surface area (Å²) in [5.41, 5.74) is 2.72. The molecule has 2 atom stereocenters. The maximum Gasteiger partial charge on any atom is 0.253 e. The number of aryl methyl sites for hydroxylation is 1. The number of amides is 1. The summed E-state index contributed by atoms with van der Waals surface area (Å²) < 4.78 is 0. The lowest BCUT2D eigenvalue weighted by molar-refractivity contribution is 0.0924. The Morgan fingerprint density at radius 2 is 2.12 bits per heavy atom. The monoisotopic (exact) mass is 272 g/mol. The van der Waals surface area contributed by atoms with E-state index in [4.69, 9.17) is 11.6 Å². The summed E-state index contributed by atoms with van der Waals surface area (Å²) >= 11 is 6.22. The number of benzene rings is 1. The highest BCUT2D eigenvalue weighted by molar-refractivity contribution is 6.35. The van der Waals surface area contributed by atoms with Gasteiger partial charge in [0.05, 0.1) is 10.6 Å². The topological polar surface area (TPSA) is 41.1 Å². The normalized spacial score (nSPS) is 25.6. The second-order valence-corrected chi connectivity index (χ2v) is 4.88. The van der Waals surface area contributed by atoms with Crippen molar-refractivity contribution in [2.75, 3.05) is 13.1 Å². The molecule has 1 aromatic carbocycles. The lowest BCUT2D eigenvalue weighted by Gasteiger charge is -2.29. The van der Waals surface area contributed by atoms with E-state index in [-0.39, 0.29) is 24.4 Å². The van der Waals surface area contributed by atoms with Crippen molar-refractivity contribution in [2.45, 2.75) is 18.9 Å². The second-order valence-electron chi connectivity index (χ2n) is 4.51. The van der Waals surface area contributed by atoms with Gasteiger partial charge in [0.15, 0.2) is 0 Å². The van der Waals surface area contributed by atoms with Crippen molar-refractivity contribution in [3.05, 3.63) is 33.8 Å². The number of nitrogens with one attached hydrogen (secondary N) is 2. The van der Waals surface area contributed by atoms with Crippen LogP contribution in [0.25, 0.3) is 0 Å². The van der Waals surface area contributed by atoms with Crippen molar-refractivity contribution in [3.63, 3.8) is 0 Å². The Morgan fingerprint density at radius 3 is 2.88 bits per heavy atom. The van der Waals surface area contributed by atoms with E-state index >= 15 is 0 Å². The summed E-state index contributed by atoms with van der Waals surface area (Å²) in [4.78, 5) is 12.0. The second kappa shape index (κ2) is 4.48. The average molecular weight is 273 g/mol. The first-order valence-electron chi connectivity index (χ1n) is 5.49. The zero-order valence-corrected chi connectivity index (χ0v) is 11.0. The minimum atomic E-state index is -0.0337. The minimum Gasteiger partial charge on any atom is -0.347 e. The number of halogens is 2. The van der Waals surface area contributed by atoms with Crippen LogP contribution in [0.2, 0.25) is 5.02 Å². The Bertz CT molecular complexity index is 476. The molecule has 5 heteroatoms. The van der Waals surface area contributed by atoms with Gasteiger partial charge in [-0.05, 0) is 18.1 Å². The predicted octanol–water partition coefficient (Wildman–Crippen LogP) is 1.87. The molecule has 0 spiro atoms. The van der Waals surface area contributed by atoms with Crippen LogP contribution in [0.4, 0.5) is 0 Å². The van der Waals surface area contributed by atoms with Gasteiger partial charge in [0, 0.05) is 25.0 Å². The van der Waals surface area contributed by atoms with Crippen LogP contribution in [0.1, 0.15) is 27.4 Å². The van der Waals surface area contributed by atoms with Gasteiger partial charge in [0.2, 0.25) is 0 Å². The molecule has 1 amide bonds. The minimum absolute atomic E-state index is 0. The molecule has 3 rings (SSSR count). The molecular weight excluding hydrogens is 259 g/mol. The lowest BCUT2D eigenvalue weighted by atomic mass is 9.85. The largest absolute Gasteiger partial charge is 0.347 e. The van der Waals surface area contributed by atoms with Crippen molar-refractivity contribution in [1.82, 2.24) is 10.6 Å². The van der Waals surface area contributed by atoms with E-state index in [0.29, 0.717) is 16.5 Å². The highest BCUT2D eigenvalue weighted by Gasteiger charge is 2.37. The average Bonchev–Trinajstić information content (AvgIpc) is 2.70. The van der Waals surface area contributed by atoms with Crippen LogP contribution >= 0.6 is 24.0 Å². The van der Waals surface area contributed by atoms with Crippen molar-refractivity contribution < 1.29 is 4.79 Å². The summed E-state index contributed by atoms with van der Waals surface area (Å²) in [6, 6.07) is 4.26. The van der Waals surface area contributed by atoms with Gasteiger partial charge in [0.25, 0.3) is 5.91 Å². The zero-order chi connectivity index (χ0) is 11.3. The molecule has 1 aromatic rings. The van der Waals surface area contributed by atoms with Crippen molar-refractivity contribution in [2.24, 2.45) is 0 Å². The fourth-order valence-electron chi connectivity index (χ4n) is 2.63. The summed E-state index contributed by atoms with van der Waals surface area (Å²) in [5, 5.41) is 6.92. The van der Waals surface area contributed by atoms with Crippen LogP contribution in [-0.2, 0) is 0 Å². The molecule has 17 heavy (non-hydrogen) atoms. The Kier molecular flexibility index (Phi) is 3.34. The van der Waals surface area contributed by atoms with E-state index in [1.165, 1.54) is 0 Å². The maximum absolute atomic E-state index is 12.0. The standard InChI is InChI=1S/C12H13ClN2O.ClH/c1-6-2-3-7-8-4-14-5-9(8)15-12(16)10(7)11(6)13;/h2-3,8-9,14H,4-5H2,1H3,(H,15,16);1H/t8-,9+;/m0./s1. The van der Waals surface area contributed by atoms with E-state index in [1.807, 2.05) is 19.1 Å². The van der Waals surface area contributed by atoms with E-state index in [2.05, 4.69) is 10.6 Å². The Balaban J connectivity index is 0.00000108. The van der Waals surface area contributed by atoms with Crippen LogP contribution in [0.15, 0.2) is 12.1 Å². The summed E-state index contributed by atoms with van der Waals surface area (Å²) in [6.45, 7) is 3.69. The molecule has 3 nitrogen and oxygen atoms in total. The Labute approximate surface area is 111 Å². The van der Waals surface area contributed by atoms with E-state index in [1.54, 1.807) is 0 Å². The molecule has 2 aliphatic heterocycles. The molecule has 2 aliphatic rings. The molecule has 1 fully saturated rings. The van der Waals surface area contributed by atoms with E-state index < -0.39 is 0 Å². The first kappa shape index (κ1) is 12.7. The third kappa shape index (κ3) is 1.82. The molecule has 0 aromatic heterocycles. The van der Waals surface area contributed by atoms with Crippen molar-refractivity contribution in [3.8, 4) is 0 Å².